The molecule has 1 fully saturated rings. The van der Waals surface area contributed by atoms with Crippen molar-refractivity contribution in [1.82, 2.24) is 9.80 Å². The number of amides is 2. The lowest BCUT2D eigenvalue weighted by molar-refractivity contribution is -0.189. The highest BCUT2D eigenvalue weighted by Gasteiger charge is 2.32. The van der Waals surface area contributed by atoms with Crippen LogP contribution >= 0.6 is 0 Å². The van der Waals surface area contributed by atoms with E-state index in [1.807, 2.05) is 0 Å². The van der Waals surface area contributed by atoms with Gasteiger partial charge in [0.1, 0.15) is 12.7 Å². The second-order valence-electron chi connectivity index (χ2n) is 4.40. The van der Waals surface area contributed by atoms with E-state index in [4.69, 9.17) is 0 Å². The van der Waals surface area contributed by atoms with Crippen LogP contribution in [0.2, 0.25) is 0 Å². The molecule has 1 atom stereocenters. The fourth-order valence-electron chi connectivity index (χ4n) is 1.79. The second-order valence-corrected chi connectivity index (χ2v) is 4.40. The number of alkyl halides is 3. The molecule has 0 radical (unpaired) electrons. The number of ether oxygens (including phenoxy) is 1. The molecule has 2 amide bonds. The molecule has 110 valence electrons. The number of rotatable bonds is 3. The largest absolute Gasteiger partial charge is 0.411 e. The highest BCUT2D eigenvalue weighted by molar-refractivity contribution is 5.81. The van der Waals surface area contributed by atoms with Gasteiger partial charge in [0.2, 0.25) is 5.91 Å². The molecular weight excluding hydrogens is 265 g/mol. The second kappa shape index (κ2) is 6.23. The zero-order valence-electron chi connectivity index (χ0n) is 10.9. The van der Waals surface area contributed by atoms with Gasteiger partial charge in [-0.25, -0.2) is 0 Å². The standard InChI is InChI=1S/C11H17F3N2O3/c1-8(19-7-11(12,13)14)10(18)16-5-3-15(4-6-16)9(2)17/h8H,3-7H2,1-2H3/t8-/m1/s1. The molecule has 1 aliphatic rings. The van der Waals surface area contributed by atoms with E-state index in [9.17, 15) is 22.8 Å². The third-order valence-electron chi connectivity index (χ3n) is 2.88. The quantitative estimate of drug-likeness (QED) is 0.763. The molecular formula is C11H17F3N2O3. The predicted octanol–water partition coefficient (Wildman–Crippen LogP) is 0.644. The van der Waals surface area contributed by atoms with Crippen LogP contribution < -0.4 is 0 Å². The van der Waals surface area contributed by atoms with E-state index in [1.165, 1.54) is 18.7 Å². The van der Waals surface area contributed by atoms with Crippen LogP contribution in [0.5, 0.6) is 0 Å². The molecule has 0 saturated carbocycles. The van der Waals surface area contributed by atoms with Crippen molar-refractivity contribution in [3.8, 4) is 0 Å². The zero-order chi connectivity index (χ0) is 14.6. The summed E-state index contributed by atoms with van der Waals surface area (Å²) >= 11 is 0. The maximum Gasteiger partial charge on any atom is 0.411 e. The summed E-state index contributed by atoms with van der Waals surface area (Å²) in [5.41, 5.74) is 0. The minimum atomic E-state index is -4.44. The summed E-state index contributed by atoms with van der Waals surface area (Å²) in [6, 6.07) is 0. The molecule has 19 heavy (non-hydrogen) atoms. The van der Waals surface area contributed by atoms with Gasteiger partial charge in [-0.2, -0.15) is 13.2 Å². The maximum absolute atomic E-state index is 12.0. The van der Waals surface area contributed by atoms with Crippen molar-refractivity contribution < 1.29 is 27.5 Å². The Kier molecular flexibility index (Phi) is 5.16. The molecule has 1 heterocycles. The summed E-state index contributed by atoms with van der Waals surface area (Å²) in [5, 5.41) is 0. The molecule has 0 unspecified atom stereocenters. The number of hydrogen-bond donors (Lipinski definition) is 0. The summed E-state index contributed by atoms with van der Waals surface area (Å²) in [4.78, 5) is 25.9. The molecule has 1 saturated heterocycles. The van der Waals surface area contributed by atoms with Crippen molar-refractivity contribution >= 4 is 11.8 Å². The summed E-state index contributed by atoms with van der Waals surface area (Å²) in [6.45, 7) is 2.72. The molecule has 0 aromatic carbocycles. The average Bonchev–Trinajstić information content (AvgIpc) is 2.34. The summed E-state index contributed by atoms with van der Waals surface area (Å²) in [7, 11) is 0. The molecule has 5 nitrogen and oxygen atoms in total. The van der Waals surface area contributed by atoms with Gasteiger partial charge in [0.05, 0.1) is 0 Å². The number of halogens is 3. The van der Waals surface area contributed by atoms with Gasteiger partial charge in [-0.1, -0.05) is 0 Å². The van der Waals surface area contributed by atoms with Crippen LogP contribution in [0.1, 0.15) is 13.8 Å². The molecule has 8 heteroatoms. The molecule has 0 spiro atoms. The minimum Gasteiger partial charge on any atom is -0.359 e. The van der Waals surface area contributed by atoms with Gasteiger partial charge in [0, 0.05) is 33.1 Å². The van der Waals surface area contributed by atoms with Gasteiger partial charge in [-0.15, -0.1) is 0 Å². The molecule has 0 N–H and O–H groups in total. The van der Waals surface area contributed by atoms with E-state index in [0.29, 0.717) is 26.2 Å². The van der Waals surface area contributed by atoms with Crippen molar-refractivity contribution in [3.05, 3.63) is 0 Å². The van der Waals surface area contributed by atoms with Gasteiger partial charge in [-0.3, -0.25) is 9.59 Å². The Morgan fingerprint density at radius 3 is 2.05 bits per heavy atom. The topological polar surface area (TPSA) is 49.9 Å². The van der Waals surface area contributed by atoms with E-state index in [1.54, 1.807) is 4.90 Å². The van der Waals surface area contributed by atoms with Gasteiger partial charge >= 0.3 is 6.18 Å². The average molecular weight is 282 g/mol. The number of hydrogen-bond acceptors (Lipinski definition) is 3. The lowest BCUT2D eigenvalue weighted by Gasteiger charge is -2.35. The third-order valence-corrected chi connectivity index (χ3v) is 2.88. The first-order chi connectivity index (χ1) is 8.70. The number of piperazine rings is 1. The van der Waals surface area contributed by atoms with Crippen molar-refractivity contribution in [2.75, 3.05) is 32.8 Å². The third kappa shape index (κ3) is 5.06. The van der Waals surface area contributed by atoms with Crippen LogP contribution in [-0.4, -0.2) is 66.7 Å². The Hall–Kier alpha value is -1.31. The summed E-state index contributed by atoms with van der Waals surface area (Å²) < 4.78 is 40.4. The highest BCUT2D eigenvalue weighted by atomic mass is 19.4. The summed E-state index contributed by atoms with van der Waals surface area (Å²) in [6.07, 6.45) is -5.58. The van der Waals surface area contributed by atoms with Crippen LogP contribution in [-0.2, 0) is 14.3 Å². The van der Waals surface area contributed by atoms with Crippen molar-refractivity contribution in [3.63, 3.8) is 0 Å². The van der Waals surface area contributed by atoms with Gasteiger partial charge in [0.25, 0.3) is 5.91 Å². The molecule has 0 aromatic rings. The van der Waals surface area contributed by atoms with Crippen LogP contribution in [0.25, 0.3) is 0 Å². The first-order valence-corrected chi connectivity index (χ1v) is 5.93. The Morgan fingerprint density at radius 1 is 1.16 bits per heavy atom. The lowest BCUT2D eigenvalue weighted by Crippen LogP contribution is -2.52. The van der Waals surface area contributed by atoms with Crippen LogP contribution in [0.15, 0.2) is 0 Å². The molecule has 1 rings (SSSR count). The zero-order valence-corrected chi connectivity index (χ0v) is 10.9. The van der Waals surface area contributed by atoms with E-state index in [0.717, 1.165) is 0 Å². The van der Waals surface area contributed by atoms with Crippen LogP contribution in [0, 0.1) is 0 Å². The lowest BCUT2D eigenvalue weighted by atomic mass is 10.2. The Labute approximate surface area is 109 Å². The van der Waals surface area contributed by atoms with E-state index in [-0.39, 0.29) is 5.91 Å². The van der Waals surface area contributed by atoms with Crippen molar-refractivity contribution in [2.24, 2.45) is 0 Å². The molecule has 1 aliphatic heterocycles. The van der Waals surface area contributed by atoms with Crippen LogP contribution in [0.3, 0.4) is 0 Å². The monoisotopic (exact) mass is 282 g/mol. The fraction of sp³-hybridized carbons (Fsp3) is 0.818. The smallest absolute Gasteiger partial charge is 0.359 e. The minimum absolute atomic E-state index is 0.0755. The number of nitrogens with zero attached hydrogens (tertiary/aromatic N) is 2. The van der Waals surface area contributed by atoms with Gasteiger partial charge in [0.15, 0.2) is 0 Å². The molecule has 0 bridgehead atoms. The van der Waals surface area contributed by atoms with E-state index >= 15 is 0 Å². The van der Waals surface area contributed by atoms with Gasteiger partial charge < -0.3 is 14.5 Å². The van der Waals surface area contributed by atoms with E-state index < -0.39 is 24.8 Å². The van der Waals surface area contributed by atoms with Gasteiger partial charge in [-0.05, 0) is 6.92 Å². The molecule has 0 aliphatic carbocycles. The summed E-state index contributed by atoms with van der Waals surface area (Å²) in [5.74, 6) is -0.555. The van der Waals surface area contributed by atoms with Crippen molar-refractivity contribution in [1.29, 1.82) is 0 Å². The first-order valence-electron chi connectivity index (χ1n) is 5.93. The molecule has 0 aromatic heterocycles. The predicted molar refractivity (Wildman–Crippen MR) is 60.3 cm³/mol. The van der Waals surface area contributed by atoms with Crippen LogP contribution in [0.4, 0.5) is 13.2 Å². The normalized spacial score (nSPS) is 18.4. The Morgan fingerprint density at radius 2 is 1.63 bits per heavy atom. The Bertz CT molecular complexity index is 339. The SMILES string of the molecule is CC(=O)N1CCN(C(=O)[C@@H](C)OCC(F)(F)F)CC1. The highest BCUT2D eigenvalue weighted by Crippen LogP contribution is 2.16. The van der Waals surface area contributed by atoms with Crippen molar-refractivity contribution in [2.45, 2.75) is 26.1 Å². The number of carbonyl (C=O) groups excluding carboxylic acids is 2. The first kappa shape index (κ1) is 15.7. The fourth-order valence-corrected chi connectivity index (χ4v) is 1.79. The number of carbonyl (C=O) groups is 2. The van der Waals surface area contributed by atoms with E-state index in [2.05, 4.69) is 4.74 Å². The maximum atomic E-state index is 12.0. The Balaban J connectivity index is 2.40.